The average Bonchev–Trinajstić information content (AvgIpc) is 1.41. The van der Waals surface area contributed by atoms with Crippen molar-refractivity contribution in [2.45, 2.75) is 79.1 Å². The smallest absolute Gasteiger partial charge is 0.0563 e. The van der Waals surface area contributed by atoms with Crippen LogP contribution < -0.4 is 0 Å². The summed E-state index contributed by atoms with van der Waals surface area (Å²) in [5.41, 5.74) is -1.50. The summed E-state index contributed by atoms with van der Waals surface area (Å²) in [6.07, 6.45) is 0. The van der Waals surface area contributed by atoms with Gasteiger partial charge in [-0.25, -0.2) is 0 Å². The summed E-state index contributed by atoms with van der Waals surface area (Å²) >= 11 is 0. The Hall–Kier alpha value is 0.464. The van der Waals surface area contributed by atoms with E-state index in [0.717, 1.165) is 0 Å². The van der Waals surface area contributed by atoms with E-state index in [4.69, 9.17) is 15.3 Å². The van der Waals surface area contributed by atoms with Gasteiger partial charge in [-0.1, -0.05) is 0 Å². The zero-order valence-corrected chi connectivity index (χ0v) is 13.7. The molecule has 0 saturated carbocycles. The molecule has 0 bridgehead atoms. The quantitative estimate of drug-likeness (QED) is 0.635. The number of aliphatic hydroxyl groups is 3. The van der Waals surface area contributed by atoms with E-state index in [1.165, 1.54) is 0 Å². The van der Waals surface area contributed by atoms with Crippen LogP contribution in [0.15, 0.2) is 0 Å². The predicted molar refractivity (Wildman–Crippen MR) is 65.9 cm³/mol. The van der Waals surface area contributed by atoms with Crippen molar-refractivity contribution in [3.05, 3.63) is 0 Å². The largest absolute Gasteiger partial charge is 0.391 e. The molecule has 0 spiro atoms. The maximum Gasteiger partial charge on any atom is 0.0563 e. The summed E-state index contributed by atoms with van der Waals surface area (Å²) in [5.74, 6) is 0. The first-order valence-electron chi connectivity index (χ1n) is 5.17. The van der Waals surface area contributed by atoms with Crippen molar-refractivity contribution in [1.82, 2.24) is 0 Å². The molecule has 4 heteroatoms. The van der Waals surface area contributed by atoms with E-state index in [2.05, 4.69) is 0 Å². The van der Waals surface area contributed by atoms with Gasteiger partial charge in [-0.05, 0) is 62.3 Å². The van der Waals surface area contributed by atoms with Crippen LogP contribution in [0.5, 0.6) is 0 Å². The van der Waals surface area contributed by atoms with Crippen LogP contribution in [0, 0.1) is 0 Å². The molecule has 0 atom stereocenters. The van der Waals surface area contributed by atoms with Crippen LogP contribution >= 0.6 is 0 Å². The predicted octanol–water partition coefficient (Wildman–Crippen LogP) is 2.33. The second-order valence-electron chi connectivity index (χ2n) is 6.51. The standard InChI is InChI=1S/3C4H10O.V/c3*1-4(2,3)5;/h3*5H,1-3H3;. The van der Waals surface area contributed by atoms with Crippen LogP contribution in [0.3, 0.4) is 0 Å². The first-order chi connectivity index (χ1) is 6.00. The van der Waals surface area contributed by atoms with Gasteiger partial charge in [0.05, 0.1) is 16.8 Å². The topological polar surface area (TPSA) is 60.7 Å². The van der Waals surface area contributed by atoms with Crippen LogP contribution in [0.2, 0.25) is 0 Å². The Morgan fingerprint density at radius 3 is 0.438 bits per heavy atom. The third-order valence-electron chi connectivity index (χ3n) is 0. The van der Waals surface area contributed by atoms with Gasteiger partial charge in [0.15, 0.2) is 0 Å². The second-order valence-corrected chi connectivity index (χ2v) is 6.51. The van der Waals surface area contributed by atoms with Gasteiger partial charge in [-0.15, -0.1) is 0 Å². The summed E-state index contributed by atoms with van der Waals surface area (Å²) < 4.78 is 0. The minimum absolute atomic E-state index is 0. The van der Waals surface area contributed by atoms with Gasteiger partial charge in [0.2, 0.25) is 0 Å². The Morgan fingerprint density at radius 1 is 0.438 bits per heavy atom. The van der Waals surface area contributed by atoms with Gasteiger partial charge in [0.1, 0.15) is 0 Å². The number of hydrogen-bond donors (Lipinski definition) is 3. The molecule has 0 fully saturated rings. The SMILES string of the molecule is CC(C)(C)O.CC(C)(C)O.CC(C)(C)O.[V]. The molecule has 0 rings (SSSR count). The van der Waals surface area contributed by atoms with Gasteiger partial charge in [0, 0.05) is 18.6 Å². The average molecular weight is 273 g/mol. The molecular formula is C12H30O3V. The van der Waals surface area contributed by atoms with Crippen molar-refractivity contribution in [3.63, 3.8) is 0 Å². The van der Waals surface area contributed by atoms with Crippen molar-refractivity contribution >= 4 is 0 Å². The Bertz CT molecular complexity index is 91.3. The van der Waals surface area contributed by atoms with Gasteiger partial charge in [0.25, 0.3) is 0 Å². The molecule has 0 heterocycles. The molecule has 0 aromatic carbocycles. The van der Waals surface area contributed by atoms with Gasteiger partial charge in [-0.2, -0.15) is 0 Å². The fourth-order valence-electron chi connectivity index (χ4n) is 0. The molecule has 0 aliphatic rings. The molecule has 1 radical (unpaired) electrons. The molecule has 0 aromatic rings. The second kappa shape index (κ2) is 9.49. The van der Waals surface area contributed by atoms with E-state index in [1.807, 2.05) is 0 Å². The van der Waals surface area contributed by atoms with Crippen molar-refractivity contribution in [1.29, 1.82) is 0 Å². The molecule has 0 saturated heterocycles. The molecule has 0 aliphatic carbocycles. The Labute approximate surface area is 113 Å². The van der Waals surface area contributed by atoms with E-state index >= 15 is 0 Å². The van der Waals surface area contributed by atoms with E-state index in [9.17, 15) is 0 Å². The minimum atomic E-state index is -0.500. The van der Waals surface area contributed by atoms with E-state index < -0.39 is 16.8 Å². The monoisotopic (exact) mass is 273 g/mol. The Kier molecular flexibility index (Phi) is 15.0. The third kappa shape index (κ3) is 12200. The van der Waals surface area contributed by atoms with Crippen LogP contribution in [-0.4, -0.2) is 32.1 Å². The molecular weight excluding hydrogens is 243 g/mol. The zero-order valence-electron chi connectivity index (χ0n) is 12.3. The summed E-state index contributed by atoms with van der Waals surface area (Å²) in [6, 6.07) is 0. The van der Waals surface area contributed by atoms with Crippen LogP contribution in [-0.2, 0) is 18.6 Å². The fourth-order valence-corrected chi connectivity index (χ4v) is 0. The fraction of sp³-hybridized carbons (Fsp3) is 1.00. The van der Waals surface area contributed by atoms with Gasteiger partial charge >= 0.3 is 0 Å². The normalized spacial score (nSPS) is 11.2. The van der Waals surface area contributed by atoms with E-state index in [-0.39, 0.29) is 18.6 Å². The van der Waals surface area contributed by atoms with E-state index in [1.54, 1.807) is 62.3 Å². The maximum absolute atomic E-state index is 8.52. The number of hydrogen-bond acceptors (Lipinski definition) is 3. The minimum Gasteiger partial charge on any atom is -0.391 e. The molecule has 101 valence electrons. The zero-order chi connectivity index (χ0) is 13.5. The molecule has 16 heavy (non-hydrogen) atoms. The maximum atomic E-state index is 8.52. The van der Waals surface area contributed by atoms with Gasteiger partial charge < -0.3 is 15.3 Å². The summed E-state index contributed by atoms with van der Waals surface area (Å²) in [4.78, 5) is 0. The molecule has 0 aromatic heterocycles. The van der Waals surface area contributed by atoms with Crippen LogP contribution in [0.25, 0.3) is 0 Å². The molecule has 3 N–H and O–H groups in total. The van der Waals surface area contributed by atoms with Crippen molar-refractivity contribution in [2.75, 3.05) is 0 Å². The molecule has 3 nitrogen and oxygen atoms in total. The summed E-state index contributed by atoms with van der Waals surface area (Å²) in [5, 5.41) is 25.6. The first-order valence-corrected chi connectivity index (χ1v) is 5.17. The van der Waals surface area contributed by atoms with Gasteiger partial charge in [-0.3, -0.25) is 0 Å². The summed E-state index contributed by atoms with van der Waals surface area (Å²) in [6.45, 7) is 15.7. The van der Waals surface area contributed by atoms with Crippen molar-refractivity contribution in [2.24, 2.45) is 0 Å². The van der Waals surface area contributed by atoms with Crippen LogP contribution in [0.4, 0.5) is 0 Å². The molecule has 0 aliphatic heterocycles. The third-order valence-corrected chi connectivity index (χ3v) is 0. The Morgan fingerprint density at radius 2 is 0.438 bits per heavy atom. The number of rotatable bonds is 0. The van der Waals surface area contributed by atoms with E-state index in [0.29, 0.717) is 0 Å². The van der Waals surface area contributed by atoms with Crippen LogP contribution in [0.1, 0.15) is 62.3 Å². The summed E-state index contributed by atoms with van der Waals surface area (Å²) in [7, 11) is 0. The Balaban J connectivity index is -0.0000000655. The first kappa shape index (κ1) is 25.3. The molecule has 0 amide bonds. The van der Waals surface area contributed by atoms with Crippen molar-refractivity contribution < 1.29 is 33.9 Å². The molecule has 0 unspecified atom stereocenters. The van der Waals surface area contributed by atoms with Crippen molar-refractivity contribution in [3.8, 4) is 0 Å².